The number of rotatable bonds is 7. The van der Waals surface area contributed by atoms with Gasteiger partial charge in [-0.2, -0.15) is 0 Å². The van der Waals surface area contributed by atoms with Gasteiger partial charge in [-0.3, -0.25) is 9.55 Å². The van der Waals surface area contributed by atoms with Crippen molar-refractivity contribution >= 4 is 43.6 Å². The van der Waals surface area contributed by atoms with Gasteiger partial charge in [-0.15, -0.1) is 0 Å². The zero-order valence-electron chi connectivity index (χ0n) is 34.7. The second kappa shape index (κ2) is 12.8. The summed E-state index contributed by atoms with van der Waals surface area (Å²) in [5, 5.41) is 3.88. The Morgan fingerprint density at radius 1 is 0.547 bits per heavy atom. The molecule has 0 aliphatic carbocycles. The molecule has 0 aliphatic heterocycles. The largest absolute Gasteiger partial charge is 0.457 e. The number of nitrogens with zero attached hydrogens (tertiary/aromatic N) is 4. The molecule has 9 rings (SSSR count). The lowest BCUT2D eigenvalue weighted by atomic mass is 10.0. The molecule has 5 aromatic carbocycles. The van der Waals surface area contributed by atoms with E-state index in [9.17, 15) is 0 Å². The monoisotopic (exact) mass is 694 g/mol. The first kappa shape index (κ1) is 28.4. The molecule has 0 aliphatic rings. The van der Waals surface area contributed by atoms with Crippen molar-refractivity contribution in [2.75, 3.05) is 0 Å². The average molecular weight is 695 g/mol. The highest BCUT2D eigenvalue weighted by Gasteiger charge is 2.20. The molecule has 53 heavy (non-hydrogen) atoms. The van der Waals surface area contributed by atoms with Crippen LogP contribution in [0.1, 0.15) is 52.7 Å². The summed E-state index contributed by atoms with van der Waals surface area (Å²) in [6.07, 6.45) is 0.253. The highest BCUT2D eigenvalue weighted by atomic mass is 16.5. The first-order valence-electron chi connectivity index (χ1n) is 20.0. The topological polar surface area (TPSA) is 44.9 Å². The van der Waals surface area contributed by atoms with Crippen molar-refractivity contribution in [3.8, 4) is 34.3 Å². The van der Waals surface area contributed by atoms with Gasteiger partial charge in [-0.05, 0) is 129 Å². The van der Waals surface area contributed by atoms with E-state index >= 15 is 0 Å². The van der Waals surface area contributed by atoms with Gasteiger partial charge in [-0.1, -0.05) is 55.3 Å². The van der Waals surface area contributed by atoms with Crippen LogP contribution >= 0.6 is 0 Å². The Hall–Kier alpha value is -6.20. The normalized spacial score (nSPS) is 13.4. The van der Waals surface area contributed by atoms with Crippen molar-refractivity contribution in [2.45, 2.75) is 54.3 Å². The van der Waals surface area contributed by atoms with Crippen LogP contribution in [0.15, 0.2) is 122 Å². The lowest BCUT2D eigenvalue weighted by molar-refractivity contribution is 0.483. The van der Waals surface area contributed by atoms with Crippen molar-refractivity contribution in [3.63, 3.8) is 0 Å². The molecule has 260 valence electrons. The molecule has 0 saturated carbocycles. The first-order valence-corrected chi connectivity index (χ1v) is 18.0. The van der Waals surface area contributed by atoms with Gasteiger partial charge in [0.05, 0.1) is 33.4 Å². The molecule has 4 heterocycles. The minimum atomic E-state index is -1.68. The minimum Gasteiger partial charge on any atom is -0.457 e. The fraction of sp³-hybridized carbons (Fsp3) is 0.167. The lowest BCUT2D eigenvalue weighted by Crippen LogP contribution is -2.03. The van der Waals surface area contributed by atoms with E-state index < -0.39 is 12.7 Å². The lowest BCUT2D eigenvalue weighted by Gasteiger charge is -2.15. The van der Waals surface area contributed by atoms with Crippen LogP contribution in [0.25, 0.3) is 66.4 Å². The molecular formula is C48H42N4O. The summed E-state index contributed by atoms with van der Waals surface area (Å²) >= 11 is 0. The molecule has 5 nitrogen and oxygen atoms in total. The molecule has 0 amide bonds. The number of pyridine rings is 2. The van der Waals surface area contributed by atoms with Crippen molar-refractivity contribution in [3.05, 3.63) is 155 Å². The molecule has 5 heteroatoms. The van der Waals surface area contributed by atoms with E-state index in [4.69, 9.17) is 15.2 Å². The zero-order chi connectivity index (χ0) is 40.0. The Balaban J connectivity index is 1.26. The molecule has 0 spiro atoms. The van der Waals surface area contributed by atoms with Crippen LogP contribution in [-0.2, 0) is 12.7 Å². The maximum Gasteiger partial charge on any atom is 0.139 e. The summed E-state index contributed by atoms with van der Waals surface area (Å²) in [4.78, 5) is 9.56. The van der Waals surface area contributed by atoms with Gasteiger partial charge in [0, 0.05) is 57.1 Å². The van der Waals surface area contributed by atoms with Crippen LogP contribution in [0.2, 0.25) is 0 Å². The van der Waals surface area contributed by atoms with E-state index in [1.165, 1.54) is 0 Å². The van der Waals surface area contributed by atoms with Gasteiger partial charge in [-0.25, -0.2) is 4.98 Å². The Morgan fingerprint density at radius 2 is 1.23 bits per heavy atom. The molecule has 0 saturated heterocycles. The number of aromatic nitrogens is 4. The van der Waals surface area contributed by atoms with E-state index in [1.54, 1.807) is 20.0 Å². The summed E-state index contributed by atoms with van der Waals surface area (Å²) < 4.78 is 46.6. The molecule has 4 aromatic heterocycles. The summed E-state index contributed by atoms with van der Waals surface area (Å²) in [6, 6.07) is 36.6. The molecular weight excluding hydrogens is 649 g/mol. The summed E-state index contributed by atoms with van der Waals surface area (Å²) in [5.74, 6) is 2.05. The standard InChI is InChI=1S/C48H42N4O/c1-7-33-19-31(5)23-41-42-24-32(6)20-34(8-2)48(42)51(47(33)41)36-16-18-50-46(27-36)52-44-12-10-9-11-39(44)40-14-13-37(28-45(40)52)53-38-22-30(4)21-35(26-38)43-25-29(3)15-17-49-43/h9-28H,7-8H2,1-6H3/i7D2,8D2. The van der Waals surface area contributed by atoms with Gasteiger partial charge in [0.2, 0.25) is 0 Å². The van der Waals surface area contributed by atoms with Crippen LogP contribution in [0.4, 0.5) is 0 Å². The van der Waals surface area contributed by atoms with Crippen LogP contribution in [0, 0.1) is 27.7 Å². The molecule has 0 fully saturated rings. The quantitative estimate of drug-likeness (QED) is 0.167. The smallest absolute Gasteiger partial charge is 0.139 e. The maximum atomic E-state index is 8.96. The van der Waals surface area contributed by atoms with Crippen molar-refractivity contribution in [1.29, 1.82) is 0 Å². The van der Waals surface area contributed by atoms with E-state index in [2.05, 4.69) is 71.9 Å². The predicted molar refractivity (Wildman–Crippen MR) is 220 cm³/mol. The molecule has 0 unspecified atom stereocenters. The van der Waals surface area contributed by atoms with Crippen LogP contribution in [0.5, 0.6) is 11.5 Å². The fourth-order valence-electron chi connectivity index (χ4n) is 7.92. The number of aryl methyl sites for hydroxylation is 6. The fourth-order valence-corrected chi connectivity index (χ4v) is 7.92. The number of hydrogen-bond acceptors (Lipinski definition) is 3. The van der Waals surface area contributed by atoms with Crippen molar-refractivity contribution in [1.82, 2.24) is 19.1 Å². The molecule has 0 N–H and O–H groups in total. The van der Waals surface area contributed by atoms with Crippen molar-refractivity contribution in [2.24, 2.45) is 0 Å². The average Bonchev–Trinajstić information content (AvgIpc) is 3.65. The maximum absolute atomic E-state index is 8.96. The van der Waals surface area contributed by atoms with Crippen LogP contribution in [0.3, 0.4) is 0 Å². The second-order valence-corrected chi connectivity index (χ2v) is 14.0. The van der Waals surface area contributed by atoms with E-state index in [0.717, 1.165) is 71.8 Å². The molecule has 0 bridgehead atoms. The third kappa shape index (κ3) is 5.55. The summed E-state index contributed by atoms with van der Waals surface area (Å²) in [7, 11) is 0. The van der Waals surface area contributed by atoms with E-state index in [0.29, 0.717) is 39.5 Å². The molecule has 9 aromatic rings. The third-order valence-electron chi connectivity index (χ3n) is 10.1. The zero-order valence-corrected chi connectivity index (χ0v) is 30.7. The number of benzene rings is 5. The molecule has 0 radical (unpaired) electrons. The summed E-state index contributed by atoms with van der Waals surface area (Å²) in [6.45, 7) is 11.3. The number of fused-ring (bicyclic) bond motifs is 6. The van der Waals surface area contributed by atoms with Gasteiger partial charge in [0.25, 0.3) is 0 Å². The Bertz CT molecular complexity index is 3000. The highest BCUT2D eigenvalue weighted by molar-refractivity contribution is 6.12. The van der Waals surface area contributed by atoms with Crippen molar-refractivity contribution < 1.29 is 10.2 Å². The Kier molecular flexibility index (Phi) is 6.85. The number of ether oxygens (including phenoxy) is 1. The summed E-state index contributed by atoms with van der Waals surface area (Å²) in [5.41, 5.74) is 11.1. The van der Waals surface area contributed by atoms with E-state index in [1.807, 2.05) is 85.3 Å². The number of para-hydroxylation sites is 1. The number of hydrogen-bond donors (Lipinski definition) is 0. The van der Waals surface area contributed by atoms with Gasteiger partial charge in [0.15, 0.2) is 0 Å². The SMILES string of the molecule is [2H]C([2H])(C)c1cc(C)cc2c3cc(C)cc(C([2H])([2H])C)c3n(-c3ccnc(-n4c5ccccc5c5ccc(Oc6cc(C)cc(-c7cc(C)ccn7)c6)cc54)c3)c12. The van der Waals surface area contributed by atoms with Crippen LogP contribution < -0.4 is 4.74 Å². The van der Waals surface area contributed by atoms with Crippen LogP contribution in [-0.4, -0.2) is 19.1 Å². The van der Waals surface area contributed by atoms with E-state index in [-0.39, 0.29) is 0 Å². The second-order valence-electron chi connectivity index (χ2n) is 14.0. The van der Waals surface area contributed by atoms with Gasteiger partial charge < -0.3 is 9.30 Å². The minimum absolute atomic E-state index is 0.545. The van der Waals surface area contributed by atoms with Gasteiger partial charge >= 0.3 is 0 Å². The first-order chi connectivity index (χ1) is 27.1. The Morgan fingerprint density at radius 3 is 1.94 bits per heavy atom. The predicted octanol–water partition coefficient (Wildman–Crippen LogP) is 12.5. The van der Waals surface area contributed by atoms with Gasteiger partial charge in [0.1, 0.15) is 17.3 Å². The third-order valence-corrected chi connectivity index (χ3v) is 10.1. The molecule has 0 atom stereocenters. The Labute approximate surface area is 315 Å². The highest BCUT2D eigenvalue weighted by Crippen LogP contribution is 2.40.